The van der Waals surface area contributed by atoms with Crippen LogP contribution < -0.4 is 14.8 Å². The molecule has 2 rings (SSSR count). The second kappa shape index (κ2) is 8.03. The molecule has 1 aromatic carbocycles. The fourth-order valence-corrected chi connectivity index (χ4v) is 3.01. The number of methoxy groups -OCH3 is 2. The summed E-state index contributed by atoms with van der Waals surface area (Å²) >= 11 is 0. The molecule has 0 aliphatic carbocycles. The number of nitrogens with one attached hydrogen (secondary N) is 1. The lowest BCUT2D eigenvalue weighted by atomic mass is 10.00. The molecule has 1 aliphatic heterocycles. The van der Waals surface area contributed by atoms with Gasteiger partial charge in [0, 0.05) is 12.1 Å². The SMILES string of the molecule is CCC1CCCCN1CC(=O)Nc1ccc(OC)cc1OC. The number of amides is 1. The number of likely N-dealkylation sites (tertiary alicyclic amines) is 1. The molecule has 1 atom stereocenters. The molecule has 0 saturated carbocycles. The first kappa shape index (κ1) is 16.6. The third-order valence-electron chi connectivity index (χ3n) is 4.25. The molecule has 1 N–H and O–H groups in total. The van der Waals surface area contributed by atoms with E-state index in [1.54, 1.807) is 20.3 Å². The Labute approximate surface area is 132 Å². The maximum Gasteiger partial charge on any atom is 0.238 e. The smallest absolute Gasteiger partial charge is 0.238 e. The molecule has 0 radical (unpaired) electrons. The van der Waals surface area contributed by atoms with E-state index in [1.165, 1.54) is 19.3 Å². The van der Waals surface area contributed by atoms with Gasteiger partial charge >= 0.3 is 0 Å². The first-order valence-corrected chi connectivity index (χ1v) is 7.93. The van der Waals surface area contributed by atoms with Crippen molar-refractivity contribution in [3.8, 4) is 11.5 Å². The second-order valence-electron chi connectivity index (χ2n) is 5.64. The predicted octanol–water partition coefficient (Wildman–Crippen LogP) is 2.91. The van der Waals surface area contributed by atoms with Crippen molar-refractivity contribution in [3.63, 3.8) is 0 Å². The molecule has 1 fully saturated rings. The maximum absolute atomic E-state index is 12.3. The monoisotopic (exact) mass is 306 g/mol. The summed E-state index contributed by atoms with van der Waals surface area (Å²) in [6, 6.07) is 5.92. The Bertz CT molecular complexity index is 505. The number of anilines is 1. The molecule has 1 amide bonds. The Kier molecular flexibility index (Phi) is 6.07. The fourth-order valence-electron chi connectivity index (χ4n) is 3.01. The molecule has 0 spiro atoms. The summed E-state index contributed by atoms with van der Waals surface area (Å²) in [4.78, 5) is 14.6. The van der Waals surface area contributed by atoms with E-state index in [2.05, 4.69) is 17.1 Å². The van der Waals surface area contributed by atoms with E-state index in [0.717, 1.165) is 13.0 Å². The molecule has 1 heterocycles. The summed E-state index contributed by atoms with van der Waals surface area (Å²) in [7, 11) is 3.19. The molecule has 22 heavy (non-hydrogen) atoms. The van der Waals surface area contributed by atoms with Crippen LogP contribution >= 0.6 is 0 Å². The largest absolute Gasteiger partial charge is 0.497 e. The van der Waals surface area contributed by atoms with Crippen LogP contribution in [0.5, 0.6) is 11.5 Å². The van der Waals surface area contributed by atoms with Gasteiger partial charge in [-0.05, 0) is 37.9 Å². The van der Waals surface area contributed by atoms with Crippen LogP contribution in [0.4, 0.5) is 5.69 Å². The standard InChI is InChI=1S/C17H26N2O3/c1-4-13-7-5-6-10-19(13)12-17(20)18-15-9-8-14(21-2)11-16(15)22-3/h8-9,11,13H,4-7,10,12H2,1-3H3,(H,18,20). The molecule has 1 aromatic rings. The first-order chi connectivity index (χ1) is 10.7. The fraction of sp³-hybridized carbons (Fsp3) is 0.588. The number of rotatable bonds is 6. The van der Waals surface area contributed by atoms with Crippen molar-refractivity contribution in [1.82, 2.24) is 4.90 Å². The molecule has 122 valence electrons. The summed E-state index contributed by atoms with van der Waals surface area (Å²) in [5.74, 6) is 1.32. The molecular formula is C17H26N2O3. The van der Waals surface area contributed by atoms with Crippen molar-refractivity contribution in [2.24, 2.45) is 0 Å². The highest BCUT2D eigenvalue weighted by molar-refractivity contribution is 5.93. The number of ether oxygens (including phenoxy) is 2. The molecular weight excluding hydrogens is 280 g/mol. The zero-order valence-electron chi connectivity index (χ0n) is 13.7. The van der Waals surface area contributed by atoms with Crippen molar-refractivity contribution >= 4 is 11.6 Å². The summed E-state index contributed by atoms with van der Waals surface area (Å²) in [6.07, 6.45) is 4.73. The van der Waals surface area contributed by atoms with Crippen LogP contribution in [-0.4, -0.2) is 44.2 Å². The van der Waals surface area contributed by atoms with E-state index >= 15 is 0 Å². The lowest BCUT2D eigenvalue weighted by Crippen LogP contribution is -2.43. The number of piperidine rings is 1. The van der Waals surface area contributed by atoms with Crippen LogP contribution in [0, 0.1) is 0 Å². The molecule has 1 saturated heterocycles. The maximum atomic E-state index is 12.3. The number of benzene rings is 1. The Balaban J connectivity index is 1.99. The summed E-state index contributed by atoms with van der Waals surface area (Å²) in [5, 5.41) is 2.94. The molecule has 1 aliphatic rings. The van der Waals surface area contributed by atoms with Crippen LogP contribution in [0.1, 0.15) is 32.6 Å². The lowest BCUT2D eigenvalue weighted by molar-refractivity contribution is -0.118. The van der Waals surface area contributed by atoms with Gasteiger partial charge in [0.2, 0.25) is 5.91 Å². The van der Waals surface area contributed by atoms with Crippen LogP contribution in [0.25, 0.3) is 0 Å². The molecule has 5 nitrogen and oxygen atoms in total. The summed E-state index contributed by atoms with van der Waals surface area (Å²) in [6.45, 7) is 3.63. The van der Waals surface area contributed by atoms with Crippen molar-refractivity contribution in [2.75, 3.05) is 32.6 Å². The number of nitrogens with zero attached hydrogens (tertiary/aromatic N) is 1. The van der Waals surface area contributed by atoms with E-state index in [1.807, 2.05) is 12.1 Å². The predicted molar refractivity (Wildman–Crippen MR) is 87.7 cm³/mol. The minimum Gasteiger partial charge on any atom is -0.497 e. The minimum absolute atomic E-state index is 0.00353. The van der Waals surface area contributed by atoms with Crippen molar-refractivity contribution in [3.05, 3.63) is 18.2 Å². The average Bonchev–Trinajstić information content (AvgIpc) is 2.55. The van der Waals surface area contributed by atoms with Crippen molar-refractivity contribution < 1.29 is 14.3 Å². The van der Waals surface area contributed by atoms with Gasteiger partial charge in [-0.1, -0.05) is 13.3 Å². The zero-order chi connectivity index (χ0) is 15.9. The average molecular weight is 306 g/mol. The topological polar surface area (TPSA) is 50.8 Å². The number of carbonyl (C=O) groups excluding carboxylic acids is 1. The highest BCUT2D eigenvalue weighted by atomic mass is 16.5. The van der Waals surface area contributed by atoms with Gasteiger partial charge in [-0.25, -0.2) is 0 Å². The highest BCUT2D eigenvalue weighted by Crippen LogP contribution is 2.29. The van der Waals surface area contributed by atoms with Gasteiger partial charge in [-0.15, -0.1) is 0 Å². The van der Waals surface area contributed by atoms with Crippen LogP contribution in [-0.2, 0) is 4.79 Å². The van der Waals surface area contributed by atoms with Crippen LogP contribution in [0.3, 0.4) is 0 Å². The third kappa shape index (κ3) is 4.13. The number of hydrogen-bond acceptors (Lipinski definition) is 4. The summed E-state index contributed by atoms with van der Waals surface area (Å²) < 4.78 is 10.5. The third-order valence-corrected chi connectivity index (χ3v) is 4.25. The van der Waals surface area contributed by atoms with E-state index in [4.69, 9.17) is 9.47 Å². The van der Waals surface area contributed by atoms with E-state index in [-0.39, 0.29) is 5.91 Å². The molecule has 0 aromatic heterocycles. The Morgan fingerprint density at radius 2 is 2.14 bits per heavy atom. The van der Waals surface area contributed by atoms with Crippen molar-refractivity contribution in [1.29, 1.82) is 0 Å². The Hall–Kier alpha value is -1.75. The van der Waals surface area contributed by atoms with Crippen LogP contribution in [0.2, 0.25) is 0 Å². The molecule has 5 heteroatoms. The highest BCUT2D eigenvalue weighted by Gasteiger charge is 2.23. The first-order valence-electron chi connectivity index (χ1n) is 7.93. The minimum atomic E-state index is 0.00353. The van der Waals surface area contributed by atoms with Gasteiger partial charge in [0.15, 0.2) is 0 Å². The van der Waals surface area contributed by atoms with E-state index in [9.17, 15) is 4.79 Å². The Morgan fingerprint density at radius 1 is 1.32 bits per heavy atom. The quantitative estimate of drug-likeness (QED) is 0.878. The normalized spacial score (nSPS) is 18.8. The van der Waals surface area contributed by atoms with Gasteiger partial charge in [0.1, 0.15) is 11.5 Å². The Morgan fingerprint density at radius 3 is 2.82 bits per heavy atom. The number of carbonyl (C=O) groups is 1. The van der Waals surface area contributed by atoms with Gasteiger partial charge < -0.3 is 14.8 Å². The summed E-state index contributed by atoms with van der Waals surface area (Å²) in [5.41, 5.74) is 0.679. The van der Waals surface area contributed by atoms with Crippen LogP contribution in [0.15, 0.2) is 18.2 Å². The second-order valence-corrected chi connectivity index (χ2v) is 5.64. The van der Waals surface area contributed by atoms with Gasteiger partial charge in [0.05, 0.1) is 26.5 Å². The van der Waals surface area contributed by atoms with Gasteiger partial charge in [-0.3, -0.25) is 9.69 Å². The molecule has 0 bridgehead atoms. The molecule has 1 unspecified atom stereocenters. The number of hydrogen-bond donors (Lipinski definition) is 1. The van der Waals surface area contributed by atoms with E-state index < -0.39 is 0 Å². The zero-order valence-corrected chi connectivity index (χ0v) is 13.7. The van der Waals surface area contributed by atoms with Gasteiger partial charge in [-0.2, -0.15) is 0 Å². The van der Waals surface area contributed by atoms with Gasteiger partial charge in [0.25, 0.3) is 0 Å². The van der Waals surface area contributed by atoms with Crippen molar-refractivity contribution in [2.45, 2.75) is 38.6 Å². The lowest BCUT2D eigenvalue weighted by Gasteiger charge is -2.34. The van der Waals surface area contributed by atoms with E-state index in [0.29, 0.717) is 29.8 Å².